The number of aromatic nitrogens is 2. The largest absolute Gasteiger partial charge is 0.364 e. The average Bonchev–Trinajstić information content (AvgIpc) is 2.74. The molecule has 8 nitrogen and oxygen atoms in total. The average molecular weight is 419 g/mol. The Morgan fingerprint density at radius 1 is 1.17 bits per heavy atom. The minimum absolute atomic E-state index is 0.114. The van der Waals surface area contributed by atoms with Crippen LogP contribution >= 0.6 is 11.6 Å². The summed E-state index contributed by atoms with van der Waals surface area (Å²) < 4.78 is 0. The van der Waals surface area contributed by atoms with Gasteiger partial charge in [0.15, 0.2) is 0 Å². The number of hydrogen-bond donors (Lipinski definition) is 3. The van der Waals surface area contributed by atoms with Crippen molar-refractivity contribution in [1.29, 1.82) is 0 Å². The number of rotatable bonds is 9. The fraction of sp³-hybridized carbons (Fsp3) is 0.500. The molecule has 1 heterocycles. The molecule has 1 saturated carbocycles. The molecule has 0 radical (unpaired) electrons. The summed E-state index contributed by atoms with van der Waals surface area (Å²) in [5.41, 5.74) is 6.66. The van der Waals surface area contributed by atoms with Gasteiger partial charge in [-0.05, 0) is 62.1 Å². The van der Waals surface area contributed by atoms with Crippen molar-refractivity contribution in [2.24, 2.45) is 17.6 Å². The molecule has 0 saturated heterocycles. The Kier molecular flexibility index (Phi) is 7.60. The molecule has 1 aliphatic rings. The molecule has 1 aromatic heterocycles. The Morgan fingerprint density at radius 3 is 2.59 bits per heavy atom. The van der Waals surface area contributed by atoms with Gasteiger partial charge < -0.3 is 16.4 Å². The number of nitrogens with two attached hydrogens (primary N) is 1. The molecule has 0 spiro atoms. The van der Waals surface area contributed by atoms with Crippen molar-refractivity contribution in [3.05, 3.63) is 51.2 Å². The molecule has 1 aliphatic carbocycles. The van der Waals surface area contributed by atoms with Gasteiger partial charge in [-0.1, -0.05) is 29.8 Å². The number of hydrogen-bond acceptors (Lipinski definition) is 7. The lowest BCUT2D eigenvalue weighted by Crippen LogP contribution is -2.25. The van der Waals surface area contributed by atoms with Gasteiger partial charge in [0.1, 0.15) is 6.20 Å². The highest BCUT2D eigenvalue weighted by molar-refractivity contribution is 6.31. The van der Waals surface area contributed by atoms with E-state index in [9.17, 15) is 10.1 Å². The zero-order valence-electron chi connectivity index (χ0n) is 16.3. The number of anilines is 2. The molecule has 0 unspecified atom stereocenters. The van der Waals surface area contributed by atoms with E-state index in [4.69, 9.17) is 17.3 Å². The first kappa shape index (κ1) is 21.3. The van der Waals surface area contributed by atoms with Crippen LogP contribution in [0.3, 0.4) is 0 Å². The van der Waals surface area contributed by atoms with Gasteiger partial charge in [0.25, 0.3) is 0 Å². The van der Waals surface area contributed by atoms with Gasteiger partial charge in [0.2, 0.25) is 11.8 Å². The topological polar surface area (TPSA) is 119 Å². The van der Waals surface area contributed by atoms with Crippen LogP contribution in [0.4, 0.5) is 17.5 Å². The van der Waals surface area contributed by atoms with Crippen LogP contribution in [0.2, 0.25) is 5.02 Å². The molecule has 0 bridgehead atoms. The third-order valence-corrected chi connectivity index (χ3v) is 5.83. The summed E-state index contributed by atoms with van der Waals surface area (Å²) in [6.45, 7) is 1.97. The summed E-state index contributed by atoms with van der Waals surface area (Å²) in [6, 6.07) is 7.64. The molecule has 1 aromatic carbocycles. The van der Waals surface area contributed by atoms with Crippen molar-refractivity contribution in [2.45, 2.75) is 32.1 Å². The van der Waals surface area contributed by atoms with E-state index in [0.717, 1.165) is 37.8 Å². The van der Waals surface area contributed by atoms with E-state index >= 15 is 0 Å². The summed E-state index contributed by atoms with van der Waals surface area (Å²) >= 11 is 6.17. The second-order valence-electron chi connectivity index (χ2n) is 7.46. The fourth-order valence-electron chi connectivity index (χ4n) is 3.65. The minimum atomic E-state index is -0.457. The van der Waals surface area contributed by atoms with Crippen LogP contribution in [0.5, 0.6) is 0 Å². The van der Waals surface area contributed by atoms with Gasteiger partial charge in [-0.3, -0.25) is 10.1 Å². The minimum Gasteiger partial charge on any atom is -0.364 e. The molecule has 4 N–H and O–H groups in total. The summed E-state index contributed by atoms with van der Waals surface area (Å²) in [5, 5.41) is 18.3. The van der Waals surface area contributed by atoms with Crippen molar-refractivity contribution in [3.8, 4) is 0 Å². The fourth-order valence-corrected chi connectivity index (χ4v) is 3.88. The first-order chi connectivity index (χ1) is 14.1. The lowest BCUT2D eigenvalue weighted by molar-refractivity contribution is -0.384. The molecular weight excluding hydrogens is 392 g/mol. The van der Waals surface area contributed by atoms with Crippen LogP contribution in [0, 0.1) is 22.0 Å². The zero-order chi connectivity index (χ0) is 20.6. The normalized spacial score (nSPS) is 19.0. The van der Waals surface area contributed by atoms with E-state index in [1.54, 1.807) is 0 Å². The van der Waals surface area contributed by atoms with Crippen molar-refractivity contribution in [3.63, 3.8) is 0 Å². The number of benzene rings is 1. The van der Waals surface area contributed by atoms with E-state index in [1.807, 2.05) is 24.3 Å². The summed E-state index contributed by atoms with van der Waals surface area (Å²) in [5.74, 6) is 1.70. The Morgan fingerprint density at radius 2 is 1.90 bits per heavy atom. The van der Waals surface area contributed by atoms with Crippen LogP contribution in [0.1, 0.15) is 31.2 Å². The smallest absolute Gasteiger partial charge is 0.329 e. The molecule has 156 valence electrons. The van der Waals surface area contributed by atoms with Crippen LogP contribution < -0.4 is 16.4 Å². The van der Waals surface area contributed by atoms with E-state index < -0.39 is 4.92 Å². The Hall–Kier alpha value is -2.45. The van der Waals surface area contributed by atoms with Crippen LogP contribution in [0.15, 0.2) is 30.5 Å². The first-order valence-corrected chi connectivity index (χ1v) is 10.4. The molecule has 0 amide bonds. The summed E-state index contributed by atoms with van der Waals surface area (Å²) in [7, 11) is 0. The van der Waals surface area contributed by atoms with Crippen molar-refractivity contribution in [2.75, 3.05) is 30.3 Å². The van der Waals surface area contributed by atoms with E-state index in [0.29, 0.717) is 42.3 Å². The summed E-state index contributed by atoms with van der Waals surface area (Å²) in [4.78, 5) is 19.3. The SMILES string of the molecule is NCC1CCC(CNc2nc(NCCc3ccccc3Cl)ncc2[N+](=O)[O-])CC1. The second-order valence-corrected chi connectivity index (χ2v) is 7.86. The van der Waals surface area contributed by atoms with Crippen LogP contribution in [0.25, 0.3) is 0 Å². The molecule has 3 rings (SSSR count). The second kappa shape index (κ2) is 10.4. The molecular formula is C20H27ClN6O2. The van der Waals surface area contributed by atoms with Gasteiger partial charge in [-0.2, -0.15) is 4.98 Å². The Labute approximate surface area is 175 Å². The maximum Gasteiger partial charge on any atom is 0.329 e. The van der Waals surface area contributed by atoms with Gasteiger partial charge in [0, 0.05) is 18.1 Å². The summed E-state index contributed by atoms with van der Waals surface area (Å²) in [6.07, 6.45) is 6.34. The van der Waals surface area contributed by atoms with Crippen LogP contribution in [-0.2, 0) is 6.42 Å². The number of nitro groups is 1. The predicted molar refractivity (Wildman–Crippen MR) is 115 cm³/mol. The molecule has 29 heavy (non-hydrogen) atoms. The zero-order valence-corrected chi connectivity index (χ0v) is 17.1. The molecule has 9 heteroatoms. The highest BCUT2D eigenvalue weighted by atomic mass is 35.5. The third-order valence-electron chi connectivity index (χ3n) is 5.46. The van der Waals surface area contributed by atoms with Gasteiger partial charge in [-0.15, -0.1) is 0 Å². The monoisotopic (exact) mass is 418 g/mol. The van der Waals surface area contributed by atoms with E-state index in [1.165, 1.54) is 6.20 Å². The first-order valence-electron chi connectivity index (χ1n) is 9.99. The van der Waals surface area contributed by atoms with Gasteiger partial charge >= 0.3 is 5.69 Å². The van der Waals surface area contributed by atoms with Crippen LogP contribution in [-0.4, -0.2) is 34.5 Å². The Balaban J connectivity index is 1.58. The third kappa shape index (κ3) is 6.01. The van der Waals surface area contributed by atoms with Gasteiger partial charge in [-0.25, -0.2) is 4.98 Å². The van der Waals surface area contributed by atoms with E-state index in [2.05, 4.69) is 20.6 Å². The van der Waals surface area contributed by atoms with Crippen molar-refractivity contribution in [1.82, 2.24) is 9.97 Å². The number of halogens is 1. The number of nitrogens with one attached hydrogen (secondary N) is 2. The molecule has 0 atom stereocenters. The molecule has 1 fully saturated rings. The Bertz CT molecular complexity index is 826. The highest BCUT2D eigenvalue weighted by Crippen LogP contribution is 2.29. The highest BCUT2D eigenvalue weighted by Gasteiger charge is 2.22. The maximum atomic E-state index is 11.3. The van der Waals surface area contributed by atoms with Crippen molar-refractivity contribution < 1.29 is 4.92 Å². The number of nitrogens with zero attached hydrogens (tertiary/aromatic N) is 3. The predicted octanol–water partition coefficient (Wildman–Crippen LogP) is 3.87. The molecule has 0 aliphatic heterocycles. The maximum absolute atomic E-state index is 11.3. The van der Waals surface area contributed by atoms with E-state index in [-0.39, 0.29) is 11.5 Å². The lowest BCUT2D eigenvalue weighted by Gasteiger charge is -2.27. The standard InChI is InChI=1S/C20H27ClN6O2/c21-17-4-2-1-3-16(17)9-10-23-20-25-13-18(27(28)29)19(26-20)24-12-15-7-5-14(11-22)6-8-15/h1-4,13-15H,5-12,22H2,(H2,23,24,25,26). The lowest BCUT2D eigenvalue weighted by atomic mass is 9.82. The van der Waals surface area contributed by atoms with Gasteiger partial charge in [0.05, 0.1) is 4.92 Å². The molecule has 2 aromatic rings. The quantitative estimate of drug-likeness (QED) is 0.417. The van der Waals surface area contributed by atoms with Crippen molar-refractivity contribution >= 4 is 29.1 Å².